The number of sulfone groups is 1. The number of thiazole rings is 1. The Balaban J connectivity index is 1.26. The predicted molar refractivity (Wildman–Crippen MR) is 159 cm³/mol. The molecule has 5 rings (SSSR count). The van der Waals surface area contributed by atoms with E-state index in [-0.39, 0.29) is 33.4 Å². The molecule has 3 aromatic rings. The molecule has 7 nitrogen and oxygen atoms in total. The molecule has 1 spiro atoms. The van der Waals surface area contributed by atoms with E-state index in [1.165, 1.54) is 16.6 Å². The SMILES string of the molecule is C=C(NCc1ccc(S(=O)(=O)CC)cn1)c1cc2c(s1)C1(CCN(C(C)c3cnc(C(C)(F)F)s3)CC1)OC(C)C2. The Kier molecular flexibility index (Phi) is 8.43. The molecule has 0 saturated carbocycles. The van der Waals surface area contributed by atoms with Crippen LogP contribution in [0, 0.1) is 0 Å². The lowest BCUT2D eigenvalue weighted by Gasteiger charge is -2.46. The molecule has 0 aliphatic carbocycles. The van der Waals surface area contributed by atoms with E-state index in [1.54, 1.807) is 36.6 Å². The highest BCUT2D eigenvalue weighted by Gasteiger charge is 2.45. The van der Waals surface area contributed by atoms with E-state index in [4.69, 9.17) is 4.74 Å². The van der Waals surface area contributed by atoms with Crippen LogP contribution in [-0.2, 0) is 39.1 Å². The zero-order valence-electron chi connectivity index (χ0n) is 23.7. The summed E-state index contributed by atoms with van der Waals surface area (Å²) in [4.78, 5) is 14.0. The number of hydrogen-bond acceptors (Lipinski definition) is 9. The van der Waals surface area contributed by atoms with Gasteiger partial charge in [-0.25, -0.2) is 13.4 Å². The number of alkyl halides is 2. The van der Waals surface area contributed by atoms with Gasteiger partial charge in [-0.15, -0.1) is 22.7 Å². The third-order valence-corrected chi connectivity index (χ3v) is 12.4. The maximum atomic E-state index is 13.7. The third kappa shape index (κ3) is 6.27. The van der Waals surface area contributed by atoms with Crippen LogP contribution in [0.25, 0.3) is 5.70 Å². The Hall–Kier alpha value is -2.25. The minimum Gasteiger partial charge on any atom is -0.379 e. The first-order chi connectivity index (χ1) is 19.3. The second kappa shape index (κ2) is 11.4. The predicted octanol–water partition coefficient (Wildman–Crippen LogP) is 6.28. The van der Waals surface area contributed by atoms with Crippen molar-refractivity contribution < 1.29 is 21.9 Å². The normalized spacial score (nSPS) is 20.1. The molecule has 1 saturated heterocycles. The van der Waals surface area contributed by atoms with Crippen LogP contribution in [0.15, 0.2) is 42.1 Å². The highest BCUT2D eigenvalue weighted by Crippen LogP contribution is 2.49. The molecule has 0 bridgehead atoms. The van der Waals surface area contributed by atoms with Gasteiger partial charge in [0, 0.05) is 53.9 Å². The molecular weight excluding hydrogens is 587 g/mol. The molecule has 5 heterocycles. The van der Waals surface area contributed by atoms with Crippen LogP contribution in [0.3, 0.4) is 0 Å². The molecule has 0 aromatic carbocycles. The lowest BCUT2D eigenvalue weighted by atomic mass is 9.83. The number of piperidine rings is 1. The molecule has 2 aliphatic rings. The Labute approximate surface area is 248 Å². The molecule has 3 aromatic heterocycles. The van der Waals surface area contributed by atoms with Crippen molar-refractivity contribution in [2.24, 2.45) is 0 Å². The van der Waals surface area contributed by atoms with Gasteiger partial charge >= 0.3 is 0 Å². The number of ether oxygens (including phenoxy) is 1. The number of aromatic nitrogens is 2. The van der Waals surface area contributed by atoms with Crippen molar-refractivity contribution >= 4 is 38.2 Å². The number of nitrogens with zero attached hydrogens (tertiary/aromatic N) is 3. The summed E-state index contributed by atoms with van der Waals surface area (Å²) in [6.45, 7) is 13.0. The Morgan fingerprint density at radius 3 is 2.61 bits per heavy atom. The summed E-state index contributed by atoms with van der Waals surface area (Å²) in [6.07, 6.45) is 5.57. The lowest BCUT2D eigenvalue weighted by molar-refractivity contribution is -0.134. The molecule has 12 heteroatoms. The van der Waals surface area contributed by atoms with Gasteiger partial charge in [0.15, 0.2) is 14.8 Å². The summed E-state index contributed by atoms with van der Waals surface area (Å²) in [6, 6.07) is 5.54. The highest BCUT2D eigenvalue weighted by molar-refractivity contribution is 7.91. The summed E-state index contributed by atoms with van der Waals surface area (Å²) < 4.78 is 58.2. The van der Waals surface area contributed by atoms with Gasteiger partial charge in [-0.2, -0.15) is 8.78 Å². The van der Waals surface area contributed by atoms with Crippen LogP contribution >= 0.6 is 22.7 Å². The van der Waals surface area contributed by atoms with Crippen LogP contribution < -0.4 is 5.32 Å². The number of likely N-dealkylation sites (tertiary alicyclic amines) is 1. The summed E-state index contributed by atoms with van der Waals surface area (Å²) in [5, 5.41) is 3.21. The molecule has 41 heavy (non-hydrogen) atoms. The van der Waals surface area contributed by atoms with Crippen molar-refractivity contribution in [1.82, 2.24) is 20.2 Å². The fraction of sp³-hybridized carbons (Fsp3) is 0.517. The second-order valence-electron chi connectivity index (χ2n) is 11.0. The maximum absolute atomic E-state index is 13.7. The fourth-order valence-electron chi connectivity index (χ4n) is 5.54. The van der Waals surface area contributed by atoms with E-state index < -0.39 is 15.8 Å². The molecule has 0 amide bonds. The molecule has 1 N–H and O–H groups in total. The first-order valence-corrected chi connectivity index (χ1v) is 17.1. The summed E-state index contributed by atoms with van der Waals surface area (Å²) in [5.41, 5.74) is 2.44. The minimum atomic E-state index is -3.28. The number of nitrogens with one attached hydrogen (secondary N) is 1. The van der Waals surface area contributed by atoms with Gasteiger partial charge in [0.25, 0.3) is 5.92 Å². The topological polar surface area (TPSA) is 84.4 Å². The monoisotopic (exact) mass is 622 g/mol. The minimum absolute atomic E-state index is 0.00839. The Bertz CT molecular complexity index is 1500. The standard InChI is InChI=1S/C29H36F2N4O3S3/c1-6-41(36,37)23-8-7-22(33-16-23)15-32-19(3)24-14-21-13-18(2)38-29(26(21)39-24)9-11-35(12-10-29)20(4)25-17-34-27(40-25)28(5,30)31/h7-8,14,16-18,20,32H,3,6,9-13,15H2,1-2,4-5H3. The van der Waals surface area contributed by atoms with E-state index in [2.05, 4.69) is 46.7 Å². The highest BCUT2D eigenvalue weighted by atomic mass is 32.2. The lowest BCUT2D eigenvalue weighted by Crippen LogP contribution is -2.48. The zero-order valence-corrected chi connectivity index (χ0v) is 26.2. The van der Waals surface area contributed by atoms with E-state index in [0.717, 1.165) is 71.8 Å². The van der Waals surface area contributed by atoms with Gasteiger partial charge in [-0.05, 0) is 56.9 Å². The molecule has 2 aliphatic heterocycles. The van der Waals surface area contributed by atoms with Gasteiger partial charge in [0.1, 0.15) is 5.60 Å². The summed E-state index contributed by atoms with van der Waals surface area (Å²) in [7, 11) is -3.28. The van der Waals surface area contributed by atoms with Crippen LogP contribution in [0.4, 0.5) is 8.78 Å². The van der Waals surface area contributed by atoms with Crippen molar-refractivity contribution in [1.29, 1.82) is 0 Å². The number of rotatable bonds is 9. The largest absolute Gasteiger partial charge is 0.379 e. The fourth-order valence-corrected chi connectivity index (χ4v) is 8.62. The molecule has 222 valence electrons. The van der Waals surface area contributed by atoms with Gasteiger partial charge in [0.05, 0.1) is 33.9 Å². The van der Waals surface area contributed by atoms with Gasteiger partial charge in [-0.1, -0.05) is 13.5 Å². The van der Waals surface area contributed by atoms with E-state index in [0.29, 0.717) is 6.54 Å². The van der Waals surface area contributed by atoms with Crippen molar-refractivity contribution in [2.45, 2.75) is 82.1 Å². The third-order valence-electron chi connectivity index (χ3n) is 7.94. The van der Waals surface area contributed by atoms with Crippen LogP contribution in [0.2, 0.25) is 0 Å². The van der Waals surface area contributed by atoms with Crippen molar-refractivity contribution in [2.75, 3.05) is 18.8 Å². The first kappa shape index (κ1) is 30.2. The van der Waals surface area contributed by atoms with E-state index in [9.17, 15) is 17.2 Å². The van der Waals surface area contributed by atoms with Crippen LogP contribution in [-0.4, -0.2) is 48.2 Å². The van der Waals surface area contributed by atoms with E-state index >= 15 is 0 Å². The quantitative estimate of drug-likeness (QED) is 0.301. The summed E-state index contributed by atoms with van der Waals surface area (Å²) >= 11 is 2.80. The summed E-state index contributed by atoms with van der Waals surface area (Å²) in [5.74, 6) is -2.88. The average Bonchev–Trinajstić information content (AvgIpc) is 3.61. The number of pyridine rings is 1. The number of thiophene rings is 1. The van der Waals surface area contributed by atoms with Gasteiger partial charge in [0.2, 0.25) is 0 Å². The molecule has 2 unspecified atom stereocenters. The Morgan fingerprint density at radius 1 is 1.27 bits per heavy atom. The van der Waals surface area contributed by atoms with Crippen molar-refractivity contribution in [3.63, 3.8) is 0 Å². The molecule has 1 fully saturated rings. The smallest absolute Gasteiger partial charge is 0.296 e. The van der Waals surface area contributed by atoms with Crippen LogP contribution in [0.5, 0.6) is 0 Å². The first-order valence-electron chi connectivity index (χ1n) is 13.8. The Morgan fingerprint density at radius 2 is 2.00 bits per heavy atom. The molecule has 2 atom stereocenters. The number of halogens is 2. The van der Waals surface area contributed by atoms with Crippen molar-refractivity contribution in [3.05, 3.63) is 68.1 Å². The van der Waals surface area contributed by atoms with Crippen LogP contribution in [0.1, 0.15) is 77.5 Å². The number of hydrogen-bond donors (Lipinski definition) is 1. The maximum Gasteiger partial charge on any atom is 0.296 e. The average molecular weight is 623 g/mol. The van der Waals surface area contributed by atoms with Gasteiger partial charge < -0.3 is 10.1 Å². The second-order valence-corrected chi connectivity index (χ2v) is 15.4. The van der Waals surface area contributed by atoms with E-state index in [1.807, 2.05) is 0 Å². The molecule has 0 radical (unpaired) electrons. The van der Waals surface area contributed by atoms with Crippen molar-refractivity contribution in [3.8, 4) is 0 Å². The number of fused-ring (bicyclic) bond motifs is 2. The van der Waals surface area contributed by atoms with Gasteiger partial charge in [-0.3, -0.25) is 9.88 Å². The molecular formula is C29H36F2N4O3S3. The zero-order chi connectivity index (χ0) is 29.6.